The molecule has 1 fully saturated rings. The number of imidazole rings is 1. The molecule has 0 bridgehead atoms. The number of carbonyl (C=O) groups excluding carboxylic acids is 1. The molecule has 0 unspecified atom stereocenters. The van der Waals surface area contributed by atoms with Crippen LogP contribution < -0.4 is 5.32 Å². The summed E-state index contributed by atoms with van der Waals surface area (Å²) in [6.45, 7) is 3.75. The minimum absolute atomic E-state index is 0.00586. The number of rotatable bonds is 4. The van der Waals surface area contributed by atoms with Crippen LogP contribution in [-0.2, 0) is 29.0 Å². The number of ether oxygens (including phenoxy) is 1. The number of nitrogens with one attached hydrogen (secondary N) is 1. The Labute approximate surface area is 147 Å². The van der Waals surface area contributed by atoms with Gasteiger partial charge in [0.25, 0.3) is 5.91 Å². The van der Waals surface area contributed by atoms with E-state index < -0.39 is 0 Å². The largest absolute Gasteiger partial charge is 0.366 e. The van der Waals surface area contributed by atoms with Crippen LogP contribution in [0.3, 0.4) is 0 Å². The van der Waals surface area contributed by atoms with Crippen LogP contribution in [0.25, 0.3) is 0 Å². The van der Waals surface area contributed by atoms with Crippen LogP contribution >= 0.6 is 0 Å². The number of aromatic nitrogens is 2. The molecule has 2 aromatic rings. The van der Waals surface area contributed by atoms with Crippen molar-refractivity contribution in [1.82, 2.24) is 19.8 Å². The third-order valence-electron chi connectivity index (χ3n) is 4.97. The summed E-state index contributed by atoms with van der Waals surface area (Å²) in [6.07, 6.45) is 5.26. The number of nitrogens with zero attached hydrogens (tertiary/aromatic N) is 3. The van der Waals surface area contributed by atoms with Gasteiger partial charge in [-0.25, -0.2) is 4.98 Å². The lowest BCUT2D eigenvalue weighted by Crippen LogP contribution is -2.52. The highest BCUT2D eigenvalue weighted by molar-refractivity contribution is 5.81. The lowest BCUT2D eigenvalue weighted by molar-refractivity contribution is -0.139. The molecular weight excluding hydrogens is 316 g/mol. The van der Waals surface area contributed by atoms with Gasteiger partial charge in [-0.15, -0.1) is 0 Å². The molecule has 132 valence electrons. The van der Waals surface area contributed by atoms with E-state index in [-0.39, 0.29) is 18.1 Å². The summed E-state index contributed by atoms with van der Waals surface area (Å²) >= 11 is 0. The van der Waals surface area contributed by atoms with Crippen molar-refractivity contribution in [1.29, 1.82) is 0 Å². The van der Waals surface area contributed by atoms with Crippen LogP contribution in [-0.4, -0.2) is 52.2 Å². The number of hydrogen-bond donors (Lipinski definition) is 1. The molecule has 3 heterocycles. The second kappa shape index (κ2) is 7.37. The van der Waals surface area contributed by atoms with Crippen molar-refractivity contribution in [3.63, 3.8) is 0 Å². The zero-order valence-corrected chi connectivity index (χ0v) is 14.3. The van der Waals surface area contributed by atoms with Crippen LogP contribution in [0.4, 0.5) is 0 Å². The number of amides is 1. The lowest BCUT2D eigenvalue weighted by atomic mass is 10.1. The minimum Gasteiger partial charge on any atom is -0.366 e. The van der Waals surface area contributed by atoms with Crippen molar-refractivity contribution >= 4 is 5.91 Å². The molecule has 1 saturated heterocycles. The highest BCUT2D eigenvalue weighted by Crippen LogP contribution is 2.15. The second-order valence-electron chi connectivity index (χ2n) is 6.82. The van der Waals surface area contributed by atoms with Crippen LogP contribution in [0.1, 0.15) is 17.8 Å². The number of fused-ring (bicyclic) bond motifs is 1. The molecule has 2 atom stereocenters. The monoisotopic (exact) mass is 340 g/mol. The van der Waals surface area contributed by atoms with Gasteiger partial charge in [-0.2, -0.15) is 0 Å². The van der Waals surface area contributed by atoms with Crippen molar-refractivity contribution in [2.45, 2.75) is 38.1 Å². The molecule has 6 nitrogen and oxygen atoms in total. The fourth-order valence-corrected chi connectivity index (χ4v) is 3.62. The van der Waals surface area contributed by atoms with Gasteiger partial charge in [0.15, 0.2) is 0 Å². The third-order valence-corrected chi connectivity index (χ3v) is 4.97. The Balaban J connectivity index is 1.31. The zero-order chi connectivity index (χ0) is 17.1. The van der Waals surface area contributed by atoms with E-state index in [1.807, 2.05) is 30.6 Å². The van der Waals surface area contributed by atoms with E-state index in [2.05, 4.69) is 31.9 Å². The van der Waals surface area contributed by atoms with Crippen LogP contribution in [0, 0.1) is 0 Å². The van der Waals surface area contributed by atoms with E-state index in [1.54, 1.807) is 0 Å². The highest BCUT2D eigenvalue weighted by Gasteiger charge is 2.29. The molecule has 1 aromatic heterocycles. The van der Waals surface area contributed by atoms with Gasteiger partial charge < -0.3 is 14.6 Å². The summed E-state index contributed by atoms with van der Waals surface area (Å²) in [6, 6.07) is 10.5. The first kappa shape index (κ1) is 16.3. The third kappa shape index (κ3) is 3.91. The smallest absolute Gasteiger partial charge is 0.250 e. The maximum atomic E-state index is 12.6. The Morgan fingerprint density at radius 2 is 2.16 bits per heavy atom. The second-order valence-corrected chi connectivity index (χ2v) is 6.82. The number of hydrogen-bond acceptors (Lipinski definition) is 4. The molecule has 1 aromatic carbocycles. The maximum Gasteiger partial charge on any atom is 0.250 e. The molecule has 0 spiro atoms. The Morgan fingerprint density at radius 1 is 1.28 bits per heavy atom. The van der Waals surface area contributed by atoms with E-state index in [1.165, 1.54) is 5.56 Å². The van der Waals surface area contributed by atoms with Gasteiger partial charge in [0, 0.05) is 51.0 Å². The Hall–Kier alpha value is -2.18. The molecule has 2 aliphatic rings. The average Bonchev–Trinajstić information content (AvgIpc) is 3.10. The Kier molecular flexibility index (Phi) is 4.81. The first-order valence-corrected chi connectivity index (χ1v) is 8.96. The van der Waals surface area contributed by atoms with Crippen molar-refractivity contribution in [2.75, 3.05) is 19.7 Å². The van der Waals surface area contributed by atoms with Crippen LogP contribution in [0.5, 0.6) is 0 Å². The normalized spacial score (nSPS) is 23.8. The SMILES string of the molecule is O=C(N[C@@H]1CCc2nccn2C1)[C@H]1CN(Cc2ccccc2)CCO1. The first-order chi connectivity index (χ1) is 12.3. The summed E-state index contributed by atoms with van der Waals surface area (Å²) in [7, 11) is 0. The molecule has 4 rings (SSSR count). The number of morpholine rings is 1. The minimum atomic E-state index is -0.387. The average molecular weight is 340 g/mol. The summed E-state index contributed by atoms with van der Waals surface area (Å²) in [4.78, 5) is 19.2. The molecule has 25 heavy (non-hydrogen) atoms. The standard InChI is InChI=1S/C19H24N4O2/c24-19(21-16-6-7-18-20-8-9-23(18)13-16)17-14-22(10-11-25-17)12-15-4-2-1-3-5-15/h1-5,8-9,16-17H,6-7,10-14H2,(H,21,24)/t16-,17-/m1/s1. The van der Waals surface area contributed by atoms with Gasteiger partial charge >= 0.3 is 0 Å². The van der Waals surface area contributed by atoms with Gasteiger partial charge in [-0.3, -0.25) is 9.69 Å². The van der Waals surface area contributed by atoms with Gasteiger partial charge in [0.1, 0.15) is 11.9 Å². The summed E-state index contributed by atoms with van der Waals surface area (Å²) in [5, 5.41) is 3.16. The molecule has 0 radical (unpaired) electrons. The Morgan fingerprint density at radius 3 is 3.04 bits per heavy atom. The van der Waals surface area contributed by atoms with Crippen molar-refractivity contribution in [3.05, 3.63) is 54.1 Å². The van der Waals surface area contributed by atoms with Crippen molar-refractivity contribution < 1.29 is 9.53 Å². The van der Waals surface area contributed by atoms with Gasteiger partial charge in [-0.05, 0) is 12.0 Å². The maximum absolute atomic E-state index is 12.6. The van der Waals surface area contributed by atoms with Crippen molar-refractivity contribution in [2.24, 2.45) is 0 Å². The fraction of sp³-hybridized carbons (Fsp3) is 0.474. The summed E-state index contributed by atoms with van der Waals surface area (Å²) in [5.74, 6) is 1.11. The topological polar surface area (TPSA) is 59.4 Å². The molecule has 2 aliphatic heterocycles. The van der Waals surface area contributed by atoms with Crippen LogP contribution in [0.15, 0.2) is 42.7 Å². The molecule has 1 N–H and O–H groups in total. The molecule has 0 saturated carbocycles. The molecule has 1 amide bonds. The first-order valence-electron chi connectivity index (χ1n) is 8.96. The summed E-state index contributed by atoms with van der Waals surface area (Å²) < 4.78 is 7.85. The highest BCUT2D eigenvalue weighted by atomic mass is 16.5. The number of aryl methyl sites for hydroxylation is 1. The molecular formula is C19H24N4O2. The van der Waals surface area contributed by atoms with Crippen LogP contribution in [0.2, 0.25) is 0 Å². The van der Waals surface area contributed by atoms with Crippen molar-refractivity contribution in [3.8, 4) is 0 Å². The quantitative estimate of drug-likeness (QED) is 0.909. The van der Waals surface area contributed by atoms with Gasteiger partial charge in [0.2, 0.25) is 0 Å². The van der Waals surface area contributed by atoms with E-state index in [0.29, 0.717) is 13.2 Å². The number of carbonyl (C=O) groups is 1. The zero-order valence-electron chi connectivity index (χ0n) is 14.3. The van der Waals surface area contributed by atoms with E-state index in [4.69, 9.17) is 4.74 Å². The Bertz CT molecular complexity index is 715. The predicted molar refractivity (Wildman–Crippen MR) is 93.9 cm³/mol. The fourth-order valence-electron chi connectivity index (χ4n) is 3.62. The molecule has 6 heteroatoms. The van der Waals surface area contributed by atoms with Gasteiger partial charge in [0.05, 0.1) is 6.61 Å². The van der Waals surface area contributed by atoms with Gasteiger partial charge in [-0.1, -0.05) is 30.3 Å². The lowest BCUT2D eigenvalue weighted by Gasteiger charge is -2.33. The molecule has 0 aliphatic carbocycles. The summed E-state index contributed by atoms with van der Waals surface area (Å²) in [5.41, 5.74) is 1.27. The van der Waals surface area contributed by atoms with E-state index >= 15 is 0 Å². The number of benzene rings is 1. The van der Waals surface area contributed by atoms with E-state index in [0.717, 1.165) is 38.3 Å². The van der Waals surface area contributed by atoms with E-state index in [9.17, 15) is 4.79 Å². The predicted octanol–water partition coefficient (Wildman–Crippen LogP) is 1.22.